The summed E-state index contributed by atoms with van der Waals surface area (Å²) in [6.45, 7) is 3.46. The fraction of sp³-hybridized carbons (Fsp3) is 0.250. The highest BCUT2D eigenvalue weighted by atomic mass is 16.5. The third-order valence-electron chi connectivity index (χ3n) is 2.15. The van der Waals surface area contributed by atoms with E-state index in [0.717, 1.165) is 6.08 Å². The standard InChI is InChI=1S/C12H15NO3/c1-3-12(15)13-8-10(14)9-6-4-5-7-11(9)16-2/h3-7,10,14H,1,8H2,2H3,(H,13,15)/t10-/m1/s1. The molecule has 86 valence electrons. The van der Waals surface area contributed by atoms with Gasteiger partial charge in [-0.2, -0.15) is 0 Å². The van der Waals surface area contributed by atoms with E-state index in [4.69, 9.17) is 4.74 Å². The molecule has 1 aromatic carbocycles. The Hall–Kier alpha value is -1.81. The molecule has 0 heterocycles. The average molecular weight is 221 g/mol. The van der Waals surface area contributed by atoms with Crippen LogP contribution in [0.25, 0.3) is 0 Å². The third kappa shape index (κ3) is 3.10. The lowest BCUT2D eigenvalue weighted by atomic mass is 10.1. The van der Waals surface area contributed by atoms with E-state index in [1.54, 1.807) is 18.2 Å². The molecular formula is C12H15NO3. The minimum atomic E-state index is -0.792. The number of para-hydroxylation sites is 1. The van der Waals surface area contributed by atoms with E-state index >= 15 is 0 Å². The Morgan fingerprint density at radius 1 is 1.62 bits per heavy atom. The van der Waals surface area contributed by atoms with Gasteiger partial charge in [-0.1, -0.05) is 24.8 Å². The number of rotatable bonds is 5. The van der Waals surface area contributed by atoms with Crippen molar-refractivity contribution in [1.29, 1.82) is 0 Å². The molecule has 0 aliphatic heterocycles. The number of carbonyl (C=O) groups excluding carboxylic acids is 1. The van der Waals surface area contributed by atoms with Crippen LogP contribution in [0.4, 0.5) is 0 Å². The smallest absolute Gasteiger partial charge is 0.243 e. The van der Waals surface area contributed by atoms with Gasteiger partial charge in [0.05, 0.1) is 13.2 Å². The Morgan fingerprint density at radius 3 is 2.94 bits per heavy atom. The van der Waals surface area contributed by atoms with Crippen LogP contribution < -0.4 is 10.1 Å². The molecule has 4 heteroatoms. The van der Waals surface area contributed by atoms with Gasteiger partial charge in [-0.25, -0.2) is 0 Å². The number of hydrogen-bond acceptors (Lipinski definition) is 3. The molecule has 0 bridgehead atoms. The number of nitrogens with one attached hydrogen (secondary N) is 1. The molecule has 1 rings (SSSR count). The van der Waals surface area contributed by atoms with Crippen molar-refractivity contribution in [3.63, 3.8) is 0 Å². The molecule has 0 saturated heterocycles. The van der Waals surface area contributed by atoms with Crippen molar-refractivity contribution in [2.45, 2.75) is 6.10 Å². The minimum Gasteiger partial charge on any atom is -0.496 e. The monoisotopic (exact) mass is 221 g/mol. The van der Waals surface area contributed by atoms with Gasteiger partial charge in [-0.05, 0) is 12.1 Å². The van der Waals surface area contributed by atoms with E-state index in [0.29, 0.717) is 11.3 Å². The fourth-order valence-electron chi connectivity index (χ4n) is 1.32. The molecule has 1 aromatic rings. The molecule has 1 atom stereocenters. The highest BCUT2D eigenvalue weighted by Gasteiger charge is 2.12. The topological polar surface area (TPSA) is 58.6 Å². The lowest BCUT2D eigenvalue weighted by Gasteiger charge is -2.14. The Morgan fingerprint density at radius 2 is 2.31 bits per heavy atom. The van der Waals surface area contributed by atoms with Crippen LogP contribution in [0.1, 0.15) is 11.7 Å². The van der Waals surface area contributed by atoms with Crippen LogP contribution in [0, 0.1) is 0 Å². The van der Waals surface area contributed by atoms with Gasteiger partial charge in [0, 0.05) is 12.1 Å². The van der Waals surface area contributed by atoms with E-state index in [2.05, 4.69) is 11.9 Å². The zero-order valence-electron chi connectivity index (χ0n) is 9.14. The first-order valence-electron chi connectivity index (χ1n) is 4.90. The number of ether oxygens (including phenoxy) is 1. The SMILES string of the molecule is C=CC(=O)NC[C@@H](O)c1ccccc1OC. The molecular weight excluding hydrogens is 206 g/mol. The van der Waals surface area contributed by atoms with E-state index < -0.39 is 6.10 Å². The van der Waals surface area contributed by atoms with Crippen molar-refractivity contribution in [1.82, 2.24) is 5.32 Å². The van der Waals surface area contributed by atoms with Crippen LogP contribution in [0.5, 0.6) is 5.75 Å². The Kier molecular flexibility index (Phi) is 4.54. The summed E-state index contributed by atoms with van der Waals surface area (Å²) in [6.07, 6.45) is 0.370. The molecule has 16 heavy (non-hydrogen) atoms. The van der Waals surface area contributed by atoms with Gasteiger partial charge in [0.2, 0.25) is 5.91 Å². The number of aliphatic hydroxyl groups excluding tert-OH is 1. The van der Waals surface area contributed by atoms with Crippen LogP contribution >= 0.6 is 0 Å². The van der Waals surface area contributed by atoms with E-state index in [9.17, 15) is 9.90 Å². The van der Waals surface area contributed by atoms with Crippen LogP contribution in [-0.2, 0) is 4.79 Å². The molecule has 4 nitrogen and oxygen atoms in total. The fourth-order valence-corrected chi connectivity index (χ4v) is 1.32. The minimum absolute atomic E-state index is 0.130. The first-order valence-corrected chi connectivity index (χ1v) is 4.90. The van der Waals surface area contributed by atoms with Crippen LogP contribution in [0.3, 0.4) is 0 Å². The van der Waals surface area contributed by atoms with Gasteiger partial charge in [-0.3, -0.25) is 4.79 Å². The number of hydrogen-bond donors (Lipinski definition) is 2. The van der Waals surface area contributed by atoms with Crippen LogP contribution in [0.2, 0.25) is 0 Å². The van der Waals surface area contributed by atoms with Crippen molar-refractivity contribution in [3.05, 3.63) is 42.5 Å². The van der Waals surface area contributed by atoms with Gasteiger partial charge in [0.25, 0.3) is 0 Å². The van der Waals surface area contributed by atoms with Gasteiger partial charge >= 0.3 is 0 Å². The van der Waals surface area contributed by atoms with Gasteiger partial charge < -0.3 is 15.2 Å². The zero-order valence-corrected chi connectivity index (χ0v) is 9.14. The summed E-state index contributed by atoms with van der Waals surface area (Å²) in [5.41, 5.74) is 0.648. The maximum atomic E-state index is 10.9. The van der Waals surface area contributed by atoms with Crippen molar-refractivity contribution in [2.24, 2.45) is 0 Å². The van der Waals surface area contributed by atoms with Crippen molar-refractivity contribution >= 4 is 5.91 Å². The lowest BCUT2D eigenvalue weighted by molar-refractivity contribution is -0.116. The van der Waals surface area contributed by atoms with Crippen LogP contribution in [0.15, 0.2) is 36.9 Å². The molecule has 0 saturated carbocycles. The second kappa shape index (κ2) is 5.92. The summed E-state index contributed by atoms with van der Waals surface area (Å²) in [7, 11) is 1.54. The first-order chi connectivity index (χ1) is 7.69. The highest BCUT2D eigenvalue weighted by Crippen LogP contribution is 2.23. The summed E-state index contributed by atoms with van der Waals surface area (Å²) in [6, 6.07) is 7.13. The summed E-state index contributed by atoms with van der Waals surface area (Å²) < 4.78 is 5.11. The summed E-state index contributed by atoms with van der Waals surface area (Å²) >= 11 is 0. The Bertz CT molecular complexity index is 376. The first kappa shape index (κ1) is 12.3. The quantitative estimate of drug-likeness (QED) is 0.730. The molecule has 0 radical (unpaired) electrons. The average Bonchev–Trinajstić information content (AvgIpc) is 2.35. The number of benzene rings is 1. The molecule has 0 aliphatic carbocycles. The summed E-state index contributed by atoms with van der Waals surface area (Å²) in [5.74, 6) is 0.289. The molecule has 1 amide bonds. The van der Waals surface area contributed by atoms with Gasteiger partial charge in [-0.15, -0.1) is 0 Å². The predicted molar refractivity (Wildman–Crippen MR) is 61.2 cm³/mol. The van der Waals surface area contributed by atoms with Crippen LogP contribution in [-0.4, -0.2) is 24.7 Å². The summed E-state index contributed by atoms with van der Waals surface area (Å²) in [4.78, 5) is 10.9. The van der Waals surface area contributed by atoms with Crippen molar-refractivity contribution < 1.29 is 14.6 Å². The maximum absolute atomic E-state index is 10.9. The van der Waals surface area contributed by atoms with Gasteiger partial charge in [0.15, 0.2) is 0 Å². The maximum Gasteiger partial charge on any atom is 0.243 e. The molecule has 2 N–H and O–H groups in total. The van der Waals surface area contributed by atoms with E-state index in [1.165, 1.54) is 7.11 Å². The third-order valence-corrected chi connectivity index (χ3v) is 2.15. The molecule has 0 spiro atoms. The van der Waals surface area contributed by atoms with Gasteiger partial charge in [0.1, 0.15) is 5.75 Å². The molecule has 0 aliphatic rings. The zero-order chi connectivity index (χ0) is 12.0. The number of aliphatic hydroxyl groups is 1. The molecule has 0 unspecified atom stereocenters. The molecule has 0 fully saturated rings. The molecule has 0 aromatic heterocycles. The normalized spacial score (nSPS) is 11.6. The lowest BCUT2D eigenvalue weighted by Crippen LogP contribution is -2.26. The van der Waals surface area contributed by atoms with E-state index in [-0.39, 0.29) is 12.5 Å². The Labute approximate surface area is 94.6 Å². The second-order valence-corrected chi connectivity index (χ2v) is 3.21. The number of carbonyl (C=O) groups is 1. The summed E-state index contributed by atoms with van der Waals surface area (Å²) in [5, 5.41) is 12.4. The van der Waals surface area contributed by atoms with E-state index in [1.807, 2.05) is 6.07 Å². The largest absolute Gasteiger partial charge is 0.496 e. The number of amides is 1. The highest BCUT2D eigenvalue weighted by molar-refractivity contribution is 5.86. The van der Waals surface area contributed by atoms with Crippen molar-refractivity contribution in [3.8, 4) is 5.75 Å². The second-order valence-electron chi connectivity index (χ2n) is 3.21. The van der Waals surface area contributed by atoms with Crippen molar-refractivity contribution in [2.75, 3.05) is 13.7 Å². The predicted octanol–water partition coefficient (Wildman–Crippen LogP) is 1.03. The Balaban J connectivity index is 2.68. The number of methoxy groups -OCH3 is 1.